The highest BCUT2D eigenvalue weighted by molar-refractivity contribution is 5.87. The summed E-state index contributed by atoms with van der Waals surface area (Å²) in [5.41, 5.74) is 0.450. The van der Waals surface area contributed by atoms with Crippen molar-refractivity contribution < 1.29 is 30.0 Å². The molecule has 6 heteroatoms. The van der Waals surface area contributed by atoms with Crippen LogP contribution in [0.1, 0.15) is 60.2 Å². The molecular weight excluding hydrogens is 372 g/mol. The fraction of sp³-hybridized carbons (Fsp3) is 0.391. The second-order valence-electron chi connectivity index (χ2n) is 6.62. The third-order valence-electron chi connectivity index (χ3n) is 4.52. The van der Waals surface area contributed by atoms with Gasteiger partial charge in [0.25, 0.3) is 0 Å². The Bertz CT molecular complexity index is 623. The number of carboxylic acids is 2. The lowest BCUT2D eigenvalue weighted by atomic mass is 9.82. The molecule has 0 bridgehead atoms. The van der Waals surface area contributed by atoms with Crippen LogP contribution >= 0.6 is 0 Å². The van der Waals surface area contributed by atoms with Crippen molar-refractivity contribution in [2.45, 2.75) is 39.5 Å². The summed E-state index contributed by atoms with van der Waals surface area (Å²) in [6.07, 6.45) is 4.02. The monoisotopic (exact) mass is 404 g/mol. The molecule has 0 amide bonds. The molecule has 0 radical (unpaired) electrons. The molecule has 0 saturated carbocycles. The van der Waals surface area contributed by atoms with Crippen LogP contribution in [0.15, 0.2) is 60.7 Å². The number of benzene rings is 2. The van der Waals surface area contributed by atoms with E-state index in [1.54, 1.807) is 60.7 Å². The summed E-state index contributed by atoms with van der Waals surface area (Å²) in [5.74, 6) is -1.76. The van der Waals surface area contributed by atoms with Crippen LogP contribution < -0.4 is 0 Å². The minimum absolute atomic E-state index is 0.111. The van der Waals surface area contributed by atoms with Gasteiger partial charge in [0, 0.05) is 5.41 Å². The molecule has 0 aromatic heterocycles. The van der Waals surface area contributed by atoms with Crippen LogP contribution in [-0.2, 0) is 0 Å². The molecule has 0 atom stereocenters. The van der Waals surface area contributed by atoms with Gasteiger partial charge < -0.3 is 20.4 Å². The summed E-state index contributed by atoms with van der Waals surface area (Å²) in [7, 11) is 0. The fourth-order valence-electron chi connectivity index (χ4n) is 2.32. The van der Waals surface area contributed by atoms with Gasteiger partial charge in [-0.05, 0) is 37.1 Å². The molecule has 0 unspecified atom stereocenters. The fourth-order valence-corrected chi connectivity index (χ4v) is 2.32. The first-order valence-electron chi connectivity index (χ1n) is 9.64. The van der Waals surface area contributed by atoms with E-state index in [1.165, 1.54) is 0 Å². The first-order valence-corrected chi connectivity index (χ1v) is 9.64. The molecule has 0 heterocycles. The highest BCUT2D eigenvalue weighted by Crippen LogP contribution is 2.27. The Hall–Kier alpha value is -2.70. The van der Waals surface area contributed by atoms with E-state index in [0.717, 1.165) is 25.7 Å². The second kappa shape index (κ2) is 15.2. The molecule has 2 aromatic carbocycles. The van der Waals surface area contributed by atoms with Crippen molar-refractivity contribution in [3.05, 3.63) is 71.8 Å². The van der Waals surface area contributed by atoms with Gasteiger partial charge in [-0.3, -0.25) is 0 Å². The third kappa shape index (κ3) is 11.0. The van der Waals surface area contributed by atoms with Crippen LogP contribution in [0.4, 0.5) is 0 Å². The van der Waals surface area contributed by atoms with Gasteiger partial charge in [0.05, 0.1) is 24.3 Å². The van der Waals surface area contributed by atoms with E-state index in [9.17, 15) is 9.59 Å². The second-order valence-corrected chi connectivity index (χ2v) is 6.62. The highest BCUT2D eigenvalue weighted by Gasteiger charge is 2.25. The van der Waals surface area contributed by atoms with Gasteiger partial charge in [-0.15, -0.1) is 0 Å². The van der Waals surface area contributed by atoms with Crippen molar-refractivity contribution in [2.75, 3.05) is 13.2 Å². The number of hydrogen-bond donors (Lipinski definition) is 4. The van der Waals surface area contributed by atoms with Crippen molar-refractivity contribution in [1.82, 2.24) is 0 Å². The third-order valence-corrected chi connectivity index (χ3v) is 4.52. The Labute approximate surface area is 172 Å². The van der Waals surface area contributed by atoms with Gasteiger partial charge in [-0.2, -0.15) is 0 Å². The predicted octanol–water partition coefficient (Wildman–Crippen LogP) is 4.33. The summed E-state index contributed by atoms with van der Waals surface area (Å²) in [6, 6.07) is 16.6. The number of unbranched alkanes of at least 4 members (excludes halogenated alkanes) is 1. The lowest BCUT2D eigenvalue weighted by molar-refractivity contribution is 0.0420. The first kappa shape index (κ1) is 26.3. The maximum absolute atomic E-state index is 10.2. The Morgan fingerprint density at radius 3 is 1.34 bits per heavy atom. The maximum atomic E-state index is 10.2. The maximum Gasteiger partial charge on any atom is 0.335 e. The summed E-state index contributed by atoms with van der Waals surface area (Å²) in [5, 5.41) is 34.9. The van der Waals surface area contributed by atoms with Crippen LogP contribution in [-0.4, -0.2) is 45.6 Å². The zero-order chi connectivity index (χ0) is 22.1. The number of rotatable bonds is 8. The number of aromatic carboxylic acids is 2. The van der Waals surface area contributed by atoms with E-state index < -0.39 is 11.9 Å². The average molecular weight is 405 g/mol. The van der Waals surface area contributed by atoms with Crippen LogP contribution in [0.3, 0.4) is 0 Å². The Morgan fingerprint density at radius 2 is 1.14 bits per heavy atom. The number of carboxylic acid groups (broad SMARTS) is 2. The zero-order valence-electron chi connectivity index (χ0n) is 17.1. The molecule has 0 saturated heterocycles. The summed E-state index contributed by atoms with van der Waals surface area (Å²) >= 11 is 0. The number of aliphatic hydroxyl groups is 2. The lowest BCUT2D eigenvalue weighted by Crippen LogP contribution is -2.28. The van der Waals surface area contributed by atoms with Crippen molar-refractivity contribution in [2.24, 2.45) is 5.41 Å². The molecule has 0 aliphatic rings. The quantitative estimate of drug-likeness (QED) is 0.521. The van der Waals surface area contributed by atoms with E-state index in [4.69, 9.17) is 20.4 Å². The van der Waals surface area contributed by atoms with E-state index in [-0.39, 0.29) is 18.6 Å². The van der Waals surface area contributed by atoms with Crippen molar-refractivity contribution in [1.29, 1.82) is 0 Å². The normalized spacial score (nSPS) is 10.1. The van der Waals surface area contributed by atoms with E-state index in [1.807, 2.05) is 6.92 Å². The standard InChI is InChI=1S/C9H20O2.2C7H6O2/c1-3-5-6-9(4-2,7-10)8-11;2*8-7(9)6-4-2-1-3-5-6/h10-11H,3-8H2,1-2H3;2*1-5H,(H,8,9). The Kier molecular flexibility index (Phi) is 13.8. The molecule has 160 valence electrons. The number of hydrogen-bond acceptors (Lipinski definition) is 4. The highest BCUT2D eigenvalue weighted by atomic mass is 16.4. The molecule has 2 aromatic rings. The Morgan fingerprint density at radius 1 is 0.759 bits per heavy atom. The average Bonchev–Trinajstić information content (AvgIpc) is 2.77. The first-order chi connectivity index (χ1) is 13.9. The molecule has 0 aliphatic carbocycles. The van der Waals surface area contributed by atoms with Crippen molar-refractivity contribution in [3.8, 4) is 0 Å². The van der Waals surface area contributed by atoms with Gasteiger partial charge in [-0.1, -0.05) is 63.1 Å². The molecule has 0 spiro atoms. The van der Waals surface area contributed by atoms with Crippen LogP contribution in [0, 0.1) is 5.41 Å². The number of aliphatic hydroxyl groups excluding tert-OH is 2. The van der Waals surface area contributed by atoms with Crippen molar-refractivity contribution in [3.63, 3.8) is 0 Å². The molecule has 0 aliphatic heterocycles. The molecule has 0 fully saturated rings. The molecule has 29 heavy (non-hydrogen) atoms. The largest absolute Gasteiger partial charge is 0.478 e. The summed E-state index contributed by atoms with van der Waals surface area (Å²) in [4.78, 5) is 20.4. The molecule has 4 N–H and O–H groups in total. The van der Waals surface area contributed by atoms with Gasteiger partial charge in [0.15, 0.2) is 0 Å². The minimum atomic E-state index is -0.879. The van der Waals surface area contributed by atoms with Crippen molar-refractivity contribution >= 4 is 11.9 Å². The summed E-state index contributed by atoms with van der Waals surface area (Å²) < 4.78 is 0. The molecule has 6 nitrogen and oxygen atoms in total. The zero-order valence-corrected chi connectivity index (χ0v) is 17.1. The molecule has 2 rings (SSSR count). The van der Waals surface area contributed by atoms with Gasteiger partial charge in [0.2, 0.25) is 0 Å². The van der Waals surface area contributed by atoms with Crippen LogP contribution in [0.25, 0.3) is 0 Å². The lowest BCUT2D eigenvalue weighted by Gasteiger charge is -2.27. The van der Waals surface area contributed by atoms with Crippen LogP contribution in [0.2, 0.25) is 0 Å². The van der Waals surface area contributed by atoms with Gasteiger partial charge in [0.1, 0.15) is 0 Å². The smallest absolute Gasteiger partial charge is 0.335 e. The minimum Gasteiger partial charge on any atom is -0.478 e. The molecular formula is C23H32O6. The van der Waals surface area contributed by atoms with Gasteiger partial charge in [-0.25, -0.2) is 9.59 Å². The topological polar surface area (TPSA) is 115 Å². The van der Waals surface area contributed by atoms with E-state index in [0.29, 0.717) is 11.1 Å². The number of carbonyl (C=O) groups is 2. The van der Waals surface area contributed by atoms with E-state index >= 15 is 0 Å². The Balaban J connectivity index is 0.000000408. The summed E-state index contributed by atoms with van der Waals surface area (Å²) in [6.45, 7) is 4.36. The predicted molar refractivity (Wildman–Crippen MR) is 113 cm³/mol. The van der Waals surface area contributed by atoms with Gasteiger partial charge >= 0.3 is 11.9 Å². The van der Waals surface area contributed by atoms with Crippen LogP contribution in [0.5, 0.6) is 0 Å². The van der Waals surface area contributed by atoms with E-state index in [2.05, 4.69) is 6.92 Å². The SMILES string of the molecule is CCCCC(CC)(CO)CO.O=C(O)c1ccccc1.O=C(O)c1ccccc1.